The van der Waals surface area contributed by atoms with E-state index in [1.807, 2.05) is 24.3 Å². The van der Waals surface area contributed by atoms with Gasteiger partial charge in [0.05, 0.1) is 11.8 Å². The van der Waals surface area contributed by atoms with Crippen LogP contribution in [0.25, 0.3) is 0 Å². The van der Waals surface area contributed by atoms with Crippen LogP contribution in [0.3, 0.4) is 0 Å². The monoisotopic (exact) mass is 390 g/mol. The predicted molar refractivity (Wildman–Crippen MR) is 114 cm³/mol. The summed E-state index contributed by atoms with van der Waals surface area (Å²) in [5.74, 6) is -1.50. The van der Waals surface area contributed by atoms with Gasteiger partial charge in [-0.2, -0.15) is 0 Å². The molecule has 0 aromatic carbocycles. The van der Waals surface area contributed by atoms with E-state index in [-0.39, 0.29) is 25.2 Å². The molecule has 0 amide bonds. The van der Waals surface area contributed by atoms with Gasteiger partial charge in [-0.15, -0.1) is 0 Å². The Bertz CT molecular complexity index is 473. The van der Waals surface area contributed by atoms with Gasteiger partial charge in [0, 0.05) is 0 Å². The molecule has 4 heteroatoms. The summed E-state index contributed by atoms with van der Waals surface area (Å²) in [5.41, 5.74) is 0. The third kappa shape index (κ3) is 10.5. The van der Waals surface area contributed by atoms with Crippen LogP contribution in [0.1, 0.15) is 78.1 Å². The minimum atomic E-state index is -0.445. The molecule has 0 N–H and O–H groups in total. The normalized spacial score (nSPS) is 19.4. The molecule has 0 saturated carbocycles. The molecule has 0 fully saturated rings. The van der Waals surface area contributed by atoms with Crippen LogP contribution in [-0.4, -0.2) is 25.2 Å². The third-order valence-electron chi connectivity index (χ3n) is 4.96. The van der Waals surface area contributed by atoms with Crippen molar-refractivity contribution >= 4 is 11.9 Å². The maximum Gasteiger partial charge on any atom is 0.310 e. The second-order valence-corrected chi connectivity index (χ2v) is 7.35. The lowest BCUT2D eigenvalue weighted by atomic mass is 9.83. The highest BCUT2D eigenvalue weighted by atomic mass is 16.5. The number of unbranched alkanes of at least 4 members (excludes halogenated alkanes) is 6. The average molecular weight is 391 g/mol. The molecule has 1 aliphatic rings. The maximum atomic E-state index is 12.4. The summed E-state index contributed by atoms with van der Waals surface area (Å²) in [6.45, 7) is 4.89. The Kier molecular flexibility index (Phi) is 14.0. The van der Waals surface area contributed by atoms with E-state index in [4.69, 9.17) is 9.47 Å². The van der Waals surface area contributed by atoms with Gasteiger partial charge in [0.15, 0.2) is 0 Å². The Morgan fingerprint density at radius 1 is 0.750 bits per heavy atom. The maximum absolute atomic E-state index is 12.4. The zero-order chi connectivity index (χ0) is 20.5. The number of allylic oxidation sites excluding steroid dienone is 4. The number of carbonyl (C=O) groups is 2. The first kappa shape index (κ1) is 24.2. The molecule has 0 radical (unpaired) electrons. The van der Waals surface area contributed by atoms with Crippen LogP contribution in [0.4, 0.5) is 0 Å². The van der Waals surface area contributed by atoms with Gasteiger partial charge in [-0.3, -0.25) is 9.59 Å². The molecule has 1 rings (SSSR count). The molecular weight excluding hydrogens is 352 g/mol. The zero-order valence-electron chi connectivity index (χ0n) is 17.7. The highest BCUT2D eigenvalue weighted by molar-refractivity contribution is 5.82. The van der Waals surface area contributed by atoms with E-state index < -0.39 is 11.8 Å². The second kappa shape index (κ2) is 16.1. The minimum absolute atomic E-state index is 0.271. The van der Waals surface area contributed by atoms with Crippen LogP contribution in [0.5, 0.6) is 0 Å². The Hall–Kier alpha value is -1.84. The Labute approximate surface area is 171 Å². The second-order valence-electron chi connectivity index (χ2n) is 7.35. The highest BCUT2D eigenvalue weighted by Crippen LogP contribution is 2.28. The highest BCUT2D eigenvalue weighted by Gasteiger charge is 2.36. The van der Waals surface area contributed by atoms with Crippen molar-refractivity contribution in [3.63, 3.8) is 0 Å². The van der Waals surface area contributed by atoms with E-state index in [1.165, 1.54) is 25.7 Å². The number of rotatable bonds is 14. The first-order valence-electron chi connectivity index (χ1n) is 11.0. The topological polar surface area (TPSA) is 52.6 Å². The van der Waals surface area contributed by atoms with Crippen LogP contribution in [-0.2, 0) is 19.1 Å². The summed E-state index contributed by atoms with van der Waals surface area (Å²) in [7, 11) is 0. The van der Waals surface area contributed by atoms with Gasteiger partial charge >= 0.3 is 11.9 Å². The summed E-state index contributed by atoms with van der Waals surface area (Å²) in [5, 5.41) is 0. The van der Waals surface area contributed by atoms with Gasteiger partial charge < -0.3 is 9.47 Å². The average Bonchev–Trinajstić information content (AvgIpc) is 2.72. The van der Waals surface area contributed by atoms with Crippen LogP contribution in [0.2, 0.25) is 0 Å². The molecule has 0 saturated heterocycles. The third-order valence-corrected chi connectivity index (χ3v) is 4.96. The van der Waals surface area contributed by atoms with Crippen molar-refractivity contribution in [2.45, 2.75) is 78.1 Å². The number of hydrogen-bond donors (Lipinski definition) is 0. The standard InChI is InChI=1S/C24H38O4/c1-3-5-7-9-11-15-19-27-23(25)21-17-13-14-18-22(21)24(26)28-20-16-12-10-8-6-4-2/h11-16,21-22H,3-10,17-20H2,1-2H3/b15-11+,16-12+. The molecule has 0 aliphatic heterocycles. The van der Waals surface area contributed by atoms with Gasteiger partial charge in [0.2, 0.25) is 0 Å². The number of ether oxygens (including phenoxy) is 2. The van der Waals surface area contributed by atoms with Crippen molar-refractivity contribution in [3.8, 4) is 0 Å². The fraction of sp³-hybridized carbons (Fsp3) is 0.667. The van der Waals surface area contributed by atoms with E-state index in [9.17, 15) is 9.59 Å². The molecule has 28 heavy (non-hydrogen) atoms. The van der Waals surface area contributed by atoms with E-state index in [1.54, 1.807) is 0 Å². The van der Waals surface area contributed by atoms with Crippen LogP contribution >= 0.6 is 0 Å². The lowest BCUT2D eigenvalue weighted by Crippen LogP contribution is -2.33. The van der Waals surface area contributed by atoms with E-state index >= 15 is 0 Å². The molecule has 4 nitrogen and oxygen atoms in total. The number of esters is 2. The molecule has 1 aliphatic carbocycles. The Morgan fingerprint density at radius 2 is 1.18 bits per heavy atom. The van der Waals surface area contributed by atoms with E-state index in [0.29, 0.717) is 12.8 Å². The number of hydrogen-bond acceptors (Lipinski definition) is 4. The summed E-state index contributed by atoms with van der Waals surface area (Å²) in [6.07, 6.45) is 22.0. The fourth-order valence-electron chi connectivity index (χ4n) is 3.21. The van der Waals surface area contributed by atoms with Gasteiger partial charge in [0.25, 0.3) is 0 Å². The molecule has 158 valence electrons. The molecule has 0 aromatic rings. The van der Waals surface area contributed by atoms with Crippen LogP contribution in [0.15, 0.2) is 36.5 Å². The van der Waals surface area contributed by atoms with Gasteiger partial charge in [-0.05, 0) is 38.5 Å². The quantitative estimate of drug-likeness (QED) is 0.210. The Morgan fingerprint density at radius 3 is 1.57 bits per heavy atom. The summed E-state index contributed by atoms with van der Waals surface area (Å²) in [4.78, 5) is 24.8. The van der Waals surface area contributed by atoms with Gasteiger partial charge in [0.1, 0.15) is 13.2 Å². The van der Waals surface area contributed by atoms with Crippen LogP contribution in [0, 0.1) is 11.8 Å². The molecular formula is C24H38O4. The van der Waals surface area contributed by atoms with Gasteiger partial charge in [-0.25, -0.2) is 0 Å². The first-order valence-corrected chi connectivity index (χ1v) is 11.0. The van der Waals surface area contributed by atoms with Crippen LogP contribution < -0.4 is 0 Å². The largest absolute Gasteiger partial charge is 0.461 e. The zero-order valence-corrected chi connectivity index (χ0v) is 17.7. The van der Waals surface area contributed by atoms with E-state index in [0.717, 1.165) is 25.7 Å². The van der Waals surface area contributed by atoms with Crippen molar-refractivity contribution < 1.29 is 19.1 Å². The first-order chi connectivity index (χ1) is 13.7. The molecule has 2 atom stereocenters. The SMILES string of the molecule is CCCCC/C=C/COC(=O)C1CC=CCC1C(=O)OC/C=C/CCCCC. The fourth-order valence-corrected chi connectivity index (χ4v) is 3.21. The lowest BCUT2D eigenvalue weighted by Gasteiger charge is -2.24. The molecule has 0 heterocycles. The lowest BCUT2D eigenvalue weighted by molar-refractivity contribution is -0.159. The Balaban J connectivity index is 2.35. The summed E-state index contributed by atoms with van der Waals surface area (Å²) >= 11 is 0. The van der Waals surface area contributed by atoms with Crippen molar-refractivity contribution in [2.75, 3.05) is 13.2 Å². The predicted octanol–water partition coefficient (Wildman–Crippen LogP) is 5.93. The minimum Gasteiger partial charge on any atom is -0.461 e. The van der Waals surface area contributed by atoms with Crippen molar-refractivity contribution in [1.29, 1.82) is 0 Å². The van der Waals surface area contributed by atoms with E-state index in [2.05, 4.69) is 26.0 Å². The molecule has 2 unspecified atom stereocenters. The smallest absolute Gasteiger partial charge is 0.310 e. The molecule has 0 spiro atoms. The molecule has 0 bridgehead atoms. The van der Waals surface area contributed by atoms with Crippen molar-refractivity contribution in [3.05, 3.63) is 36.5 Å². The summed E-state index contributed by atoms with van der Waals surface area (Å²) in [6, 6.07) is 0. The summed E-state index contributed by atoms with van der Waals surface area (Å²) < 4.78 is 10.7. The van der Waals surface area contributed by atoms with Gasteiger partial charge in [-0.1, -0.05) is 76.0 Å². The van der Waals surface area contributed by atoms with Crippen molar-refractivity contribution in [1.82, 2.24) is 0 Å². The van der Waals surface area contributed by atoms with Crippen molar-refractivity contribution in [2.24, 2.45) is 11.8 Å². The number of carbonyl (C=O) groups excluding carboxylic acids is 2. The molecule has 0 aromatic heterocycles.